The molecule has 140 valence electrons. The molecule has 0 heterocycles. The van der Waals surface area contributed by atoms with Crippen LogP contribution in [0.5, 0.6) is 0 Å². The first-order valence-corrected chi connectivity index (χ1v) is 9.02. The molecule has 5 nitrogen and oxygen atoms in total. The predicted octanol–water partition coefficient (Wildman–Crippen LogP) is 4.32. The Hall–Kier alpha value is -1.78. The smallest absolute Gasteiger partial charge is 0.277 e. The fourth-order valence-corrected chi connectivity index (χ4v) is 2.81. The van der Waals surface area contributed by atoms with Gasteiger partial charge in [-0.3, -0.25) is 9.63 Å². The highest BCUT2D eigenvalue weighted by Crippen LogP contribution is 2.27. The topological polar surface area (TPSA) is 59.6 Å². The number of anilines is 2. The second-order valence-corrected chi connectivity index (χ2v) is 6.62. The van der Waals surface area contributed by atoms with Gasteiger partial charge in [-0.2, -0.15) is 0 Å². The van der Waals surface area contributed by atoms with Crippen LogP contribution in [0.25, 0.3) is 0 Å². The summed E-state index contributed by atoms with van der Waals surface area (Å²) in [6, 6.07) is 7.38. The van der Waals surface area contributed by atoms with Gasteiger partial charge in [0.2, 0.25) is 0 Å². The zero-order valence-electron chi connectivity index (χ0n) is 14.4. The molecule has 0 aliphatic rings. The highest BCUT2D eigenvalue weighted by atomic mass is 127. The SMILES string of the molecule is CCOCCONC(=O)c1cc(F)c(F)cc1Nc1ccc(I)cc1C. The van der Waals surface area contributed by atoms with Crippen molar-refractivity contribution in [1.82, 2.24) is 5.48 Å². The standard InChI is InChI=1S/C18H19F2IN2O3/c1-3-25-6-7-26-23-18(24)13-9-14(19)15(20)10-17(13)22-16-5-4-12(21)8-11(16)2/h4-5,8-10,22H,3,6-7H2,1-2H3,(H,23,24). The lowest BCUT2D eigenvalue weighted by Crippen LogP contribution is -2.26. The number of carbonyl (C=O) groups excluding carboxylic acids is 1. The van der Waals surface area contributed by atoms with Gasteiger partial charge < -0.3 is 10.1 Å². The van der Waals surface area contributed by atoms with E-state index in [9.17, 15) is 13.6 Å². The number of rotatable bonds is 8. The van der Waals surface area contributed by atoms with E-state index in [0.29, 0.717) is 18.9 Å². The van der Waals surface area contributed by atoms with E-state index in [1.54, 1.807) is 6.07 Å². The average Bonchev–Trinajstić information content (AvgIpc) is 2.60. The van der Waals surface area contributed by atoms with Crippen molar-refractivity contribution in [3.8, 4) is 0 Å². The molecular formula is C18H19F2IN2O3. The predicted molar refractivity (Wildman–Crippen MR) is 103 cm³/mol. The largest absolute Gasteiger partial charge is 0.379 e. The lowest BCUT2D eigenvalue weighted by molar-refractivity contribution is 0.00168. The Labute approximate surface area is 164 Å². The number of hydrogen-bond donors (Lipinski definition) is 2. The lowest BCUT2D eigenvalue weighted by Gasteiger charge is -2.15. The summed E-state index contributed by atoms with van der Waals surface area (Å²) in [5.74, 6) is -2.86. The van der Waals surface area contributed by atoms with Crippen molar-refractivity contribution in [2.75, 3.05) is 25.1 Å². The third kappa shape index (κ3) is 5.61. The highest BCUT2D eigenvalue weighted by molar-refractivity contribution is 14.1. The van der Waals surface area contributed by atoms with Crippen molar-refractivity contribution in [2.24, 2.45) is 0 Å². The molecule has 0 spiro atoms. The highest BCUT2D eigenvalue weighted by Gasteiger charge is 2.17. The van der Waals surface area contributed by atoms with Crippen LogP contribution in [-0.2, 0) is 9.57 Å². The minimum atomic E-state index is -1.12. The molecule has 0 fully saturated rings. The van der Waals surface area contributed by atoms with E-state index < -0.39 is 17.5 Å². The second-order valence-electron chi connectivity index (χ2n) is 5.37. The summed E-state index contributed by atoms with van der Waals surface area (Å²) in [6.07, 6.45) is 0. The fraction of sp³-hybridized carbons (Fsp3) is 0.278. The Bertz CT molecular complexity index is 787. The van der Waals surface area contributed by atoms with Crippen LogP contribution in [0.2, 0.25) is 0 Å². The molecule has 26 heavy (non-hydrogen) atoms. The summed E-state index contributed by atoms with van der Waals surface area (Å²) < 4.78 is 33.4. The van der Waals surface area contributed by atoms with Gasteiger partial charge in [-0.05, 0) is 66.3 Å². The van der Waals surface area contributed by atoms with Crippen LogP contribution in [0.1, 0.15) is 22.8 Å². The van der Waals surface area contributed by atoms with Gasteiger partial charge in [0.25, 0.3) is 5.91 Å². The van der Waals surface area contributed by atoms with Crippen LogP contribution in [0.4, 0.5) is 20.2 Å². The van der Waals surface area contributed by atoms with E-state index in [1.165, 1.54) is 0 Å². The van der Waals surface area contributed by atoms with E-state index in [1.807, 2.05) is 26.0 Å². The number of carbonyl (C=O) groups is 1. The maximum absolute atomic E-state index is 13.7. The molecule has 0 aliphatic carbocycles. The Morgan fingerprint density at radius 2 is 1.85 bits per heavy atom. The summed E-state index contributed by atoms with van der Waals surface area (Å²) in [5.41, 5.74) is 3.86. The first-order chi connectivity index (χ1) is 12.4. The van der Waals surface area contributed by atoms with E-state index in [-0.39, 0.29) is 17.9 Å². The van der Waals surface area contributed by atoms with E-state index in [0.717, 1.165) is 21.3 Å². The van der Waals surface area contributed by atoms with Gasteiger partial charge >= 0.3 is 0 Å². The molecule has 2 N–H and O–H groups in total. The van der Waals surface area contributed by atoms with Crippen molar-refractivity contribution in [3.63, 3.8) is 0 Å². The Kier molecular flexibility index (Phi) is 7.73. The number of amides is 1. The third-order valence-electron chi connectivity index (χ3n) is 3.46. The molecule has 2 aromatic rings. The van der Waals surface area contributed by atoms with Gasteiger partial charge in [0.05, 0.1) is 24.5 Å². The zero-order valence-corrected chi connectivity index (χ0v) is 16.5. The number of halogens is 3. The Balaban J connectivity index is 2.20. The molecule has 0 bridgehead atoms. The average molecular weight is 476 g/mol. The van der Waals surface area contributed by atoms with Crippen molar-refractivity contribution in [3.05, 3.63) is 56.7 Å². The minimum absolute atomic E-state index is 0.0711. The molecule has 2 rings (SSSR count). The lowest BCUT2D eigenvalue weighted by atomic mass is 10.1. The van der Waals surface area contributed by atoms with Gasteiger partial charge in [0, 0.05) is 21.9 Å². The van der Waals surface area contributed by atoms with Crippen LogP contribution in [0, 0.1) is 22.1 Å². The summed E-state index contributed by atoms with van der Waals surface area (Å²) in [6.45, 7) is 4.69. The van der Waals surface area contributed by atoms with Gasteiger partial charge in [-0.25, -0.2) is 14.3 Å². The molecule has 0 saturated heterocycles. The Morgan fingerprint density at radius 1 is 1.12 bits per heavy atom. The quantitative estimate of drug-likeness (QED) is 0.339. The first kappa shape index (κ1) is 20.5. The molecule has 0 saturated carbocycles. The molecule has 8 heteroatoms. The number of aryl methyl sites for hydroxylation is 1. The van der Waals surface area contributed by atoms with Crippen LogP contribution in [-0.4, -0.2) is 25.7 Å². The molecule has 0 radical (unpaired) electrons. The number of hydroxylamine groups is 1. The minimum Gasteiger partial charge on any atom is -0.379 e. The number of hydrogen-bond acceptors (Lipinski definition) is 4. The van der Waals surface area contributed by atoms with Gasteiger partial charge in [0.1, 0.15) is 0 Å². The number of ether oxygens (including phenoxy) is 1. The molecule has 0 aliphatic heterocycles. The van der Waals surface area contributed by atoms with E-state index in [2.05, 4.69) is 33.4 Å². The van der Waals surface area contributed by atoms with Crippen LogP contribution in [0.15, 0.2) is 30.3 Å². The van der Waals surface area contributed by atoms with E-state index >= 15 is 0 Å². The fourth-order valence-electron chi connectivity index (χ4n) is 2.17. The summed E-state index contributed by atoms with van der Waals surface area (Å²) in [4.78, 5) is 17.3. The van der Waals surface area contributed by atoms with E-state index in [4.69, 9.17) is 9.57 Å². The molecule has 0 unspecified atom stereocenters. The second kappa shape index (κ2) is 9.79. The molecule has 0 aromatic heterocycles. The maximum Gasteiger partial charge on any atom is 0.277 e. The van der Waals surface area contributed by atoms with Crippen molar-refractivity contribution >= 4 is 39.9 Å². The normalized spacial score (nSPS) is 10.7. The van der Waals surface area contributed by atoms with Crippen LogP contribution < -0.4 is 10.8 Å². The summed E-state index contributed by atoms with van der Waals surface area (Å²) >= 11 is 2.18. The number of nitrogens with one attached hydrogen (secondary N) is 2. The van der Waals surface area contributed by atoms with Crippen LogP contribution in [0.3, 0.4) is 0 Å². The molecule has 0 atom stereocenters. The van der Waals surface area contributed by atoms with Gasteiger partial charge in [-0.15, -0.1) is 0 Å². The van der Waals surface area contributed by atoms with Gasteiger partial charge in [0.15, 0.2) is 11.6 Å². The summed E-state index contributed by atoms with van der Waals surface area (Å²) in [5, 5.41) is 2.98. The van der Waals surface area contributed by atoms with Crippen molar-refractivity contribution in [1.29, 1.82) is 0 Å². The first-order valence-electron chi connectivity index (χ1n) is 7.94. The van der Waals surface area contributed by atoms with Crippen LogP contribution >= 0.6 is 22.6 Å². The maximum atomic E-state index is 13.7. The molecule has 1 amide bonds. The molecule has 2 aromatic carbocycles. The summed E-state index contributed by atoms with van der Waals surface area (Å²) in [7, 11) is 0. The van der Waals surface area contributed by atoms with Crippen molar-refractivity contribution in [2.45, 2.75) is 13.8 Å². The monoisotopic (exact) mass is 476 g/mol. The Morgan fingerprint density at radius 3 is 2.54 bits per heavy atom. The van der Waals surface area contributed by atoms with Crippen molar-refractivity contribution < 1.29 is 23.1 Å². The zero-order chi connectivity index (χ0) is 19.1. The number of benzene rings is 2. The molecular weight excluding hydrogens is 457 g/mol. The third-order valence-corrected chi connectivity index (χ3v) is 4.13. The van der Waals surface area contributed by atoms with Gasteiger partial charge in [-0.1, -0.05) is 0 Å².